The Morgan fingerprint density at radius 3 is 1.97 bits per heavy atom. The summed E-state index contributed by atoms with van der Waals surface area (Å²) in [6, 6.07) is 3.54. The lowest BCUT2D eigenvalue weighted by molar-refractivity contribution is -0.145. The number of benzene rings is 1. The van der Waals surface area contributed by atoms with Gasteiger partial charge in [0, 0.05) is 6.42 Å². The van der Waals surface area contributed by atoms with Gasteiger partial charge in [-0.25, -0.2) is 4.79 Å². The van der Waals surface area contributed by atoms with Gasteiger partial charge >= 0.3 is 5.97 Å². The van der Waals surface area contributed by atoms with Gasteiger partial charge in [0.05, 0.1) is 18.2 Å². The van der Waals surface area contributed by atoms with Crippen LogP contribution in [0.2, 0.25) is 0 Å². The molecule has 0 aliphatic rings. The lowest BCUT2D eigenvalue weighted by atomic mass is 10.0. The average molecular weight is 499 g/mol. The van der Waals surface area contributed by atoms with Gasteiger partial charge < -0.3 is 37.0 Å². The van der Waals surface area contributed by atoms with E-state index >= 15 is 0 Å². The Hall–Kier alpha value is -2.67. The molecule has 0 aliphatic heterocycles. The van der Waals surface area contributed by atoms with Crippen LogP contribution in [0.1, 0.15) is 25.8 Å². The molecule has 190 valence electrons. The first-order chi connectivity index (χ1) is 16.0. The number of thioether (sulfide) groups is 1. The number of nitrogens with two attached hydrogens (primary N) is 1. The number of aliphatic carboxylic acids is 1. The van der Waals surface area contributed by atoms with Crippen molar-refractivity contribution in [3.8, 4) is 0 Å². The van der Waals surface area contributed by atoms with Crippen LogP contribution in [-0.2, 0) is 25.6 Å². The minimum Gasteiger partial charge on any atom is -0.480 e. The SMILES string of the molecule is CSCCC(N)C(=O)NC(C(=O)NC(Cc1ccccc1)C(=O)NC(C(=O)O)C(C)O)C(C)O. The zero-order chi connectivity index (χ0) is 25.8. The molecule has 12 heteroatoms. The monoisotopic (exact) mass is 498 g/mol. The van der Waals surface area contributed by atoms with E-state index in [1.165, 1.54) is 25.6 Å². The molecule has 34 heavy (non-hydrogen) atoms. The van der Waals surface area contributed by atoms with E-state index in [0.29, 0.717) is 17.7 Å². The van der Waals surface area contributed by atoms with Crippen LogP contribution in [0.25, 0.3) is 0 Å². The number of rotatable bonds is 14. The molecule has 0 fully saturated rings. The quantitative estimate of drug-likeness (QED) is 0.162. The van der Waals surface area contributed by atoms with Gasteiger partial charge in [0.15, 0.2) is 6.04 Å². The molecule has 0 aromatic heterocycles. The van der Waals surface area contributed by atoms with Crippen molar-refractivity contribution in [2.45, 2.75) is 63.1 Å². The maximum atomic E-state index is 12.9. The minimum absolute atomic E-state index is 0.00171. The molecule has 8 N–H and O–H groups in total. The zero-order valence-corrected chi connectivity index (χ0v) is 20.2. The van der Waals surface area contributed by atoms with Crippen molar-refractivity contribution in [2.24, 2.45) is 5.73 Å². The number of carbonyl (C=O) groups is 4. The molecule has 1 aromatic rings. The molecular formula is C22H34N4O7S. The molecule has 6 unspecified atom stereocenters. The third-order valence-corrected chi connectivity index (χ3v) is 5.64. The van der Waals surface area contributed by atoms with Gasteiger partial charge in [0.2, 0.25) is 17.7 Å². The predicted octanol–water partition coefficient (Wildman–Crippen LogP) is -1.39. The molecule has 0 bridgehead atoms. The Morgan fingerprint density at radius 1 is 0.912 bits per heavy atom. The average Bonchev–Trinajstić information content (AvgIpc) is 2.78. The van der Waals surface area contributed by atoms with Gasteiger partial charge in [-0.2, -0.15) is 11.8 Å². The van der Waals surface area contributed by atoms with Crippen LogP contribution in [0, 0.1) is 0 Å². The summed E-state index contributed by atoms with van der Waals surface area (Å²) < 4.78 is 0. The van der Waals surface area contributed by atoms with Gasteiger partial charge in [0.25, 0.3) is 0 Å². The van der Waals surface area contributed by atoms with Crippen LogP contribution >= 0.6 is 11.8 Å². The third kappa shape index (κ3) is 9.67. The van der Waals surface area contributed by atoms with Crippen molar-refractivity contribution in [3.63, 3.8) is 0 Å². The number of carboxylic acid groups (broad SMARTS) is 1. The highest BCUT2D eigenvalue weighted by molar-refractivity contribution is 7.98. The number of amides is 3. The number of carbonyl (C=O) groups excluding carboxylic acids is 3. The van der Waals surface area contributed by atoms with E-state index in [1.807, 2.05) is 6.26 Å². The summed E-state index contributed by atoms with van der Waals surface area (Å²) in [6.07, 6.45) is -0.460. The van der Waals surface area contributed by atoms with Crippen LogP contribution in [-0.4, -0.2) is 87.4 Å². The molecule has 6 atom stereocenters. The van der Waals surface area contributed by atoms with Crippen molar-refractivity contribution in [1.82, 2.24) is 16.0 Å². The topological polar surface area (TPSA) is 191 Å². The lowest BCUT2D eigenvalue weighted by Gasteiger charge is -2.27. The van der Waals surface area contributed by atoms with E-state index in [4.69, 9.17) is 5.73 Å². The summed E-state index contributed by atoms with van der Waals surface area (Å²) in [6.45, 7) is 2.52. The fraction of sp³-hybridized carbons (Fsp3) is 0.545. The third-order valence-electron chi connectivity index (χ3n) is 4.99. The lowest BCUT2D eigenvalue weighted by Crippen LogP contribution is -2.60. The van der Waals surface area contributed by atoms with Gasteiger partial charge in [-0.05, 0) is 37.8 Å². The summed E-state index contributed by atoms with van der Waals surface area (Å²) in [5.74, 6) is -3.13. The molecule has 0 heterocycles. The van der Waals surface area contributed by atoms with Crippen molar-refractivity contribution in [2.75, 3.05) is 12.0 Å². The minimum atomic E-state index is -1.59. The largest absolute Gasteiger partial charge is 0.480 e. The highest BCUT2D eigenvalue weighted by atomic mass is 32.2. The Bertz CT molecular complexity index is 823. The Kier molecular flexibility index (Phi) is 12.6. The molecule has 1 aromatic carbocycles. The second-order valence-electron chi connectivity index (χ2n) is 7.93. The van der Waals surface area contributed by atoms with E-state index in [1.54, 1.807) is 30.3 Å². The highest BCUT2D eigenvalue weighted by Gasteiger charge is 2.33. The van der Waals surface area contributed by atoms with E-state index in [-0.39, 0.29) is 6.42 Å². The van der Waals surface area contributed by atoms with Crippen LogP contribution in [0.5, 0.6) is 0 Å². The number of nitrogens with one attached hydrogen (secondary N) is 3. The molecule has 11 nitrogen and oxygen atoms in total. The van der Waals surface area contributed by atoms with Gasteiger partial charge in [-0.1, -0.05) is 30.3 Å². The molecule has 0 radical (unpaired) electrons. The van der Waals surface area contributed by atoms with E-state index in [2.05, 4.69) is 16.0 Å². The van der Waals surface area contributed by atoms with Crippen LogP contribution in [0.3, 0.4) is 0 Å². The Balaban J connectivity index is 3.06. The summed E-state index contributed by atoms with van der Waals surface area (Å²) in [4.78, 5) is 49.6. The maximum Gasteiger partial charge on any atom is 0.328 e. The molecule has 0 spiro atoms. The fourth-order valence-corrected chi connectivity index (χ4v) is 3.49. The molecule has 1 rings (SSSR count). The first kappa shape index (κ1) is 29.4. The number of carboxylic acids is 1. The van der Waals surface area contributed by atoms with Gasteiger partial charge in [-0.3, -0.25) is 14.4 Å². The number of hydrogen-bond donors (Lipinski definition) is 7. The van der Waals surface area contributed by atoms with Crippen molar-refractivity contribution in [1.29, 1.82) is 0 Å². The first-order valence-corrected chi connectivity index (χ1v) is 12.2. The summed E-state index contributed by atoms with van der Waals surface area (Å²) in [5.41, 5.74) is 6.50. The van der Waals surface area contributed by atoms with Crippen LogP contribution in [0.4, 0.5) is 0 Å². The molecular weight excluding hydrogens is 464 g/mol. The Labute approximate surface area is 202 Å². The number of hydrogen-bond acceptors (Lipinski definition) is 8. The predicted molar refractivity (Wildman–Crippen MR) is 128 cm³/mol. The molecule has 3 amide bonds. The van der Waals surface area contributed by atoms with Crippen molar-refractivity contribution in [3.05, 3.63) is 35.9 Å². The van der Waals surface area contributed by atoms with Crippen LogP contribution in [0.15, 0.2) is 30.3 Å². The van der Waals surface area contributed by atoms with E-state index in [0.717, 1.165) is 0 Å². The summed E-state index contributed by atoms with van der Waals surface area (Å²) in [7, 11) is 0. The smallest absolute Gasteiger partial charge is 0.328 e. The van der Waals surface area contributed by atoms with E-state index in [9.17, 15) is 34.5 Å². The number of aliphatic hydroxyl groups is 2. The molecule has 0 saturated carbocycles. The number of aliphatic hydroxyl groups excluding tert-OH is 2. The first-order valence-electron chi connectivity index (χ1n) is 10.8. The highest BCUT2D eigenvalue weighted by Crippen LogP contribution is 2.07. The zero-order valence-electron chi connectivity index (χ0n) is 19.4. The standard InChI is InChI=1S/C22H34N4O7S/c1-12(27)17(25-19(29)15(23)9-10-34-3)21(31)24-16(11-14-7-5-4-6-8-14)20(30)26-18(13(2)28)22(32)33/h4-8,12-13,15-18,27-28H,9-11,23H2,1-3H3,(H,24,31)(H,25,29)(H,26,30)(H,32,33). The second-order valence-corrected chi connectivity index (χ2v) is 8.92. The van der Waals surface area contributed by atoms with Gasteiger partial charge in [-0.15, -0.1) is 0 Å². The van der Waals surface area contributed by atoms with Crippen LogP contribution < -0.4 is 21.7 Å². The molecule has 0 saturated heterocycles. The van der Waals surface area contributed by atoms with Crippen molar-refractivity contribution >= 4 is 35.5 Å². The Morgan fingerprint density at radius 2 is 1.47 bits per heavy atom. The maximum absolute atomic E-state index is 12.9. The molecule has 0 aliphatic carbocycles. The fourth-order valence-electron chi connectivity index (χ4n) is 3.00. The normalized spacial score (nSPS) is 16.3. The van der Waals surface area contributed by atoms with E-state index < -0.39 is 60.1 Å². The van der Waals surface area contributed by atoms with Gasteiger partial charge in [0.1, 0.15) is 12.1 Å². The summed E-state index contributed by atoms with van der Waals surface area (Å²) in [5, 5.41) is 36.1. The second kappa shape index (κ2) is 14.6. The summed E-state index contributed by atoms with van der Waals surface area (Å²) >= 11 is 1.51. The van der Waals surface area contributed by atoms with Crippen molar-refractivity contribution < 1.29 is 34.5 Å².